The predicted octanol–water partition coefficient (Wildman–Crippen LogP) is 2.22. The summed E-state index contributed by atoms with van der Waals surface area (Å²) < 4.78 is 29.4. The van der Waals surface area contributed by atoms with E-state index in [4.69, 9.17) is 0 Å². The normalized spacial score (nSPS) is 23.9. The number of hydrogen-bond donors (Lipinski definition) is 1. The summed E-state index contributed by atoms with van der Waals surface area (Å²) in [6.45, 7) is 4.33. The van der Waals surface area contributed by atoms with Gasteiger partial charge in [0.15, 0.2) is 0 Å². The largest absolute Gasteiger partial charge is 0.311 e. The van der Waals surface area contributed by atoms with Crippen LogP contribution in [-0.4, -0.2) is 42.3 Å². The number of fused-ring (bicyclic) bond motifs is 1. The first-order valence-corrected chi connectivity index (χ1v) is 11.7. The molecule has 7 heteroatoms. The third kappa shape index (κ3) is 3.88. The van der Waals surface area contributed by atoms with Gasteiger partial charge in [-0.2, -0.15) is 0 Å². The highest BCUT2D eigenvalue weighted by atomic mass is 32.2. The van der Waals surface area contributed by atoms with Crippen LogP contribution in [0, 0.1) is 5.92 Å². The molecule has 28 heavy (non-hydrogen) atoms. The van der Waals surface area contributed by atoms with Gasteiger partial charge in [0, 0.05) is 38.3 Å². The van der Waals surface area contributed by atoms with Crippen LogP contribution in [-0.2, 0) is 23.6 Å². The first-order chi connectivity index (χ1) is 13.4. The van der Waals surface area contributed by atoms with Crippen molar-refractivity contribution < 1.29 is 8.42 Å². The van der Waals surface area contributed by atoms with Gasteiger partial charge in [-0.1, -0.05) is 31.5 Å². The highest BCUT2D eigenvalue weighted by Crippen LogP contribution is 2.30. The molecule has 2 aromatic rings. The quantitative estimate of drug-likeness (QED) is 0.803. The second-order valence-corrected chi connectivity index (χ2v) is 10.2. The lowest BCUT2D eigenvalue weighted by Gasteiger charge is -2.38. The fourth-order valence-electron chi connectivity index (χ4n) is 4.35. The maximum Gasteiger partial charge on any atom is 0.255 e. The van der Waals surface area contributed by atoms with Crippen molar-refractivity contribution in [1.82, 2.24) is 14.2 Å². The number of likely N-dealkylation sites (tertiary alicyclic amines) is 1. The highest BCUT2D eigenvalue weighted by molar-refractivity contribution is 7.90. The van der Waals surface area contributed by atoms with Gasteiger partial charge >= 0.3 is 0 Å². The van der Waals surface area contributed by atoms with Crippen LogP contribution >= 0.6 is 0 Å². The number of sulfonamides is 1. The van der Waals surface area contributed by atoms with Crippen LogP contribution in [0.2, 0.25) is 0 Å². The molecule has 0 bridgehead atoms. The number of rotatable bonds is 6. The predicted molar refractivity (Wildman–Crippen MR) is 112 cm³/mol. The first kappa shape index (κ1) is 19.6. The number of para-hydroxylation sites is 1. The lowest BCUT2D eigenvalue weighted by molar-refractivity contribution is 0.138. The zero-order chi connectivity index (χ0) is 19.9. The molecule has 1 aliphatic carbocycles. The summed E-state index contributed by atoms with van der Waals surface area (Å²) >= 11 is 0. The standard InChI is InChI=1S/C21H29N3O3S/c1-3-15-13-24(11-10-19(15)22-28(26,27)18-8-9-18)14-17-12-16-6-4-5-7-20(16)23(2)21(17)25/h4-7,12,15,18-19,22H,3,8-11,13-14H2,1-2H3/t15-,19+/m1/s1. The number of piperidine rings is 1. The molecule has 0 unspecified atom stereocenters. The van der Waals surface area contributed by atoms with Gasteiger partial charge in [-0.15, -0.1) is 0 Å². The average molecular weight is 404 g/mol. The van der Waals surface area contributed by atoms with E-state index in [1.165, 1.54) is 0 Å². The maximum atomic E-state index is 12.8. The average Bonchev–Trinajstić information content (AvgIpc) is 3.53. The van der Waals surface area contributed by atoms with Crippen LogP contribution in [0.4, 0.5) is 0 Å². The molecular formula is C21H29N3O3S. The smallest absolute Gasteiger partial charge is 0.255 e. The molecule has 2 atom stereocenters. The highest BCUT2D eigenvalue weighted by Gasteiger charge is 2.39. The zero-order valence-electron chi connectivity index (χ0n) is 16.6. The summed E-state index contributed by atoms with van der Waals surface area (Å²) in [5.41, 5.74) is 1.78. The van der Waals surface area contributed by atoms with E-state index in [2.05, 4.69) is 16.5 Å². The molecule has 4 rings (SSSR count). The van der Waals surface area contributed by atoms with Crippen LogP contribution in [0.5, 0.6) is 0 Å². The second kappa shape index (κ2) is 7.61. The molecular weight excluding hydrogens is 374 g/mol. The summed E-state index contributed by atoms with van der Waals surface area (Å²) in [5, 5.41) is 0.891. The Morgan fingerprint density at radius 2 is 1.93 bits per heavy atom. The van der Waals surface area contributed by atoms with Crippen molar-refractivity contribution in [3.8, 4) is 0 Å². The van der Waals surface area contributed by atoms with E-state index in [1.807, 2.05) is 37.4 Å². The molecule has 1 saturated carbocycles. The summed E-state index contributed by atoms with van der Waals surface area (Å²) in [7, 11) is -1.34. The van der Waals surface area contributed by atoms with Crippen molar-refractivity contribution in [2.24, 2.45) is 13.0 Å². The number of benzene rings is 1. The van der Waals surface area contributed by atoms with E-state index in [0.717, 1.165) is 55.2 Å². The molecule has 1 N–H and O–H groups in total. The Hall–Kier alpha value is -1.70. The van der Waals surface area contributed by atoms with Crippen LogP contribution in [0.15, 0.2) is 35.1 Å². The lowest BCUT2D eigenvalue weighted by atomic mass is 9.90. The number of pyridine rings is 1. The Balaban J connectivity index is 1.49. The Morgan fingerprint density at radius 1 is 1.18 bits per heavy atom. The van der Waals surface area contributed by atoms with Crippen LogP contribution in [0.25, 0.3) is 10.9 Å². The minimum atomic E-state index is -3.16. The van der Waals surface area contributed by atoms with Gasteiger partial charge in [-0.05, 0) is 42.7 Å². The van der Waals surface area contributed by atoms with Crippen molar-refractivity contribution in [3.05, 3.63) is 46.2 Å². The molecule has 1 aromatic heterocycles. The molecule has 2 fully saturated rings. The minimum Gasteiger partial charge on any atom is -0.311 e. The SMILES string of the molecule is CC[C@@H]1CN(Cc2cc3ccccc3n(C)c2=O)CC[C@@H]1NS(=O)(=O)C1CC1. The van der Waals surface area contributed by atoms with Crippen molar-refractivity contribution in [3.63, 3.8) is 0 Å². The van der Waals surface area contributed by atoms with Gasteiger partial charge in [0.1, 0.15) is 0 Å². The molecule has 1 aliphatic heterocycles. The Kier molecular flexibility index (Phi) is 5.33. The summed E-state index contributed by atoms with van der Waals surface area (Å²) in [4.78, 5) is 15.1. The van der Waals surface area contributed by atoms with Crippen LogP contribution in [0.1, 0.15) is 38.2 Å². The molecule has 0 amide bonds. The number of nitrogens with one attached hydrogen (secondary N) is 1. The molecule has 2 heterocycles. The third-order valence-corrected chi connectivity index (χ3v) is 8.20. The van der Waals surface area contributed by atoms with E-state index in [1.54, 1.807) is 4.57 Å². The summed E-state index contributed by atoms with van der Waals surface area (Å²) in [5.74, 6) is 0.270. The monoisotopic (exact) mass is 403 g/mol. The third-order valence-electron chi connectivity index (χ3n) is 6.22. The number of aromatic nitrogens is 1. The Bertz CT molecular complexity index is 1030. The fourth-order valence-corrected chi connectivity index (χ4v) is 6.03. The van der Waals surface area contributed by atoms with Gasteiger partial charge < -0.3 is 4.57 Å². The number of nitrogens with zero attached hydrogens (tertiary/aromatic N) is 2. The van der Waals surface area contributed by atoms with E-state index >= 15 is 0 Å². The molecule has 1 aromatic carbocycles. The topological polar surface area (TPSA) is 71.4 Å². The summed E-state index contributed by atoms with van der Waals surface area (Å²) in [6.07, 6.45) is 3.29. The van der Waals surface area contributed by atoms with E-state index in [9.17, 15) is 13.2 Å². The van der Waals surface area contributed by atoms with Crippen LogP contribution < -0.4 is 10.3 Å². The number of hydrogen-bond acceptors (Lipinski definition) is 4. The summed E-state index contributed by atoms with van der Waals surface area (Å²) in [6, 6.07) is 9.94. The molecule has 0 radical (unpaired) electrons. The first-order valence-electron chi connectivity index (χ1n) is 10.2. The molecule has 1 saturated heterocycles. The Labute approximate surface area is 166 Å². The lowest BCUT2D eigenvalue weighted by Crippen LogP contribution is -2.51. The number of aryl methyl sites for hydroxylation is 1. The maximum absolute atomic E-state index is 12.8. The van der Waals surface area contributed by atoms with Gasteiger partial charge in [-0.25, -0.2) is 13.1 Å². The molecule has 2 aliphatic rings. The van der Waals surface area contributed by atoms with Crippen molar-refractivity contribution >= 4 is 20.9 Å². The van der Waals surface area contributed by atoms with Gasteiger partial charge in [0.2, 0.25) is 10.0 Å². The van der Waals surface area contributed by atoms with E-state index in [-0.39, 0.29) is 22.8 Å². The van der Waals surface area contributed by atoms with Crippen LogP contribution in [0.3, 0.4) is 0 Å². The Morgan fingerprint density at radius 3 is 2.64 bits per heavy atom. The van der Waals surface area contributed by atoms with Gasteiger partial charge in [0.05, 0.1) is 10.8 Å². The van der Waals surface area contributed by atoms with Crippen molar-refractivity contribution in [1.29, 1.82) is 0 Å². The minimum absolute atomic E-state index is 0.00582. The van der Waals surface area contributed by atoms with Gasteiger partial charge in [-0.3, -0.25) is 9.69 Å². The zero-order valence-corrected chi connectivity index (χ0v) is 17.4. The second-order valence-electron chi connectivity index (χ2n) is 8.25. The molecule has 0 spiro atoms. The van der Waals surface area contributed by atoms with Crippen molar-refractivity contribution in [2.75, 3.05) is 13.1 Å². The van der Waals surface area contributed by atoms with E-state index in [0.29, 0.717) is 6.54 Å². The van der Waals surface area contributed by atoms with Crippen molar-refractivity contribution in [2.45, 2.75) is 50.4 Å². The molecule has 152 valence electrons. The van der Waals surface area contributed by atoms with E-state index < -0.39 is 10.0 Å². The molecule has 6 nitrogen and oxygen atoms in total. The van der Waals surface area contributed by atoms with Gasteiger partial charge in [0.25, 0.3) is 5.56 Å². The fraction of sp³-hybridized carbons (Fsp3) is 0.571.